The topological polar surface area (TPSA) is 12.0 Å². The van der Waals surface area contributed by atoms with Crippen LogP contribution in [-0.2, 0) is 0 Å². The molecule has 0 bridgehead atoms. The van der Waals surface area contributed by atoms with Crippen molar-refractivity contribution in [2.24, 2.45) is 11.8 Å². The van der Waals surface area contributed by atoms with Crippen molar-refractivity contribution in [1.29, 1.82) is 0 Å². The van der Waals surface area contributed by atoms with Gasteiger partial charge in [-0.3, -0.25) is 0 Å². The van der Waals surface area contributed by atoms with Gasteiger partial charge in [0.25, 0.3) is 0 Å². The number of hydrogen-bond acceptors (Lipinski definition) is 1. The second kappa shape index (κ2) is 5.01. The molecule has 0 unspecified atom stereocenters. The van der Waals surface area contributed by atoms with Crippen LogP contribution in [0.15, 0.2) is 16.6 Å². The van der Waals surface area contributed by atoms with Crippen molar-refractivity contribution in [3.63, 3.8) is 0 Å². The largest absolute Gasteiger partial charge is 0.382 e. The lowest BCUT2D eigenvalue weighted by molar-refractivity contribution is 0.212. The molecule has 0 aromatic heterocycles. The third-order valence-electron chi connectivity index (χ3n) is 3.92. The van der Waals surface area contributed by atoms with Crippen molar-refractivity contribution in [1.82, 2.24) is 0 Å². The summed E-state index contributed by atoms with van der Waals surface area (Å²) in [7, 11) is 0. The first-order valence-electron chi connectivity index (χ1n) is 6.50. The van der Waals surface area contributed by atoms with Gasteiger partial charge in [0.15, 0.2) is 0 Å². The van der Waals surface area contributed by atoms with Gasteiger partial charge < -0.3 is 5.32 Å². The molecule has 0 aliphatic heterocycles. The second-order valence-electron chi connectivity index (χ2n) is 5.74. The normalized spacial score (nSPS) is 23.6. The first-order chi connectivity index (χ1) is 7.97. The van der Waals surface area contributed by atoms with Crippen LogP contribution >= 0.6 is 15.9 Å². The molecule has 2 rings (SSSR count). The summed E-state index contributed by atoms with van der Waals surface area (Å²) in [6, 6.07) is 5.15. The van der Waals surface area contributed by atoms with E-state index in [1.807, 2.05) is 0 Å². The lowest BCUT2D eigenvalue weighted by Gasteiger charge is -2.39. The molecule has 0 radical (unpaired) electrons. The Morgan fingerprint density at radius 3 is 2.18 bits per heavy atom. The Bertz CT molecular complexity index is 382. The highest BCUT2D eigenvalue weighted by atomic mass is 79.9. The average Bonchev–Trinajstić information content (AvgIpc) is 2.18. The fourth-order valence-corrected chi connectivity index (χ4v) is 2.82. The van der Waals surface area contributed by atoms with Crippen LogP contribution in [0.5, 0.6) is 0 Å². The monoisotopic (exact) mass is 295 g/mol. The number of nitrogens with one attached hydrogen (secondary N) is 1. The summed E-state index contributed by atoms with van der Waals surface area (Å²) < 4.78 is 1.23. The van der Waals surface area contributed by atoms with E-state index in [1.54, 1.807) is 0 Å². The van der Waals surface area contributed by atoms with Crippen LogP contribution in [0.1, 0.15) is 37.8 Å². The predicted molar refractivity (Wildman–Crippen MR) is 78.6 cm³/mol. The van der Waals surface area contributed by atoms with Gasteiger partial charge in [-0.2, -0.15) is 0 Å². The molecule has 1 aliphatic rings. The van der Waals surface area contributed by atoms with Crippen molar-refractivity contribution in [2.75, 3.05) is 5.32 Å². The van der Waals surface area contributed by atoms with E-state index in [4.69, 9.17) is 0 Å². The molecule has 0 spiro atoms. The maximum atomic E-state index is 3.65. The minimum atomic E-state index is 0.683. The summed E-state index contributed by atoms with van der Waals surface area (Å²) in [5.74, 6) is 1.76. The molecule has 0 atom stereocenters. The van der Waals surface area contributed by atoms with Gasteiger partial charge in [0, 0.05) is 16.2 Å². The Morgan fingerprint density at radius 2 is 1.71 bits per heavy atom. The second-order valence-corrected chi connectivity index (χ2v) is 6.53. The quantitative estimate of drug-likeness (QED) is 0.835. The zero-order valence-electron chi connectivity index (χ0n) is 11.2. The van der Waals surface area contributed by atoms with Crippen LogP contribution in [-0.4, -0.2) is 6.04 Å². The average molecular weight is 296 g/mol. The Morgan fingerprint density at radius 1 is 1.18 bits per heavy atom. The number of aryl methyl sites for hydroxylation is 2. The molecule has 17 heavy (non-hydrogen) atoms. The van der Waals surface area contributed by atoms with Gasteiger partial charge in [-0.25, -0.2) is 0 Å². The van der Waals surface area contributed by atoms with Crippen LogP contribution in [0.25, 0.3) is 0 Å². The highest BCUT2D eigenvalue weighted by Gasteiger charge is 2.30. The van der Waals surface area contributed by atoms with Crippen LogP contribution in [0, 0.1) is 25.7 Å². The lowest BCUT2D eigenvalue weighted by Crippen LogP contribution is -2.37. The van der Waals surface area contributed by atoms with E-state index in [-0.39, 0.29) is 0 Å². The summed E-state index contributed by atoms with van der Waals surface area (Å²) in [6.07, 6.45) is 2.65. The molecule has 1 saturated carbocycles. The number of rotatable bonds is 3. The van der Waals surface area contributed by atoms with Crippen LogP contribution < -0.4 is 5.32 Å². The fraction of sp³-hybridized carbons (Fsp3) is 0.600. The molecule has 94 valence electrons. The SMILES string of the molecule is Cc1cc(NC2CC(C(C)C)C2)cc(C)c1Br. The Labute approximate surface area is 113 Å². The van der Waals surface area contributed by atoms with E-state index in [0.29, 0.717) is 6.04 Å². The van der Waals surface area contributed by atoms with Crippen LogP contribution in [0.3, 0.4) is 0 Å². The lowest BCUT2D eigenvalue weighted by atomic mass is 9.73. The zero-order chi connectivity index (χ0) is 12.6. The summed E-state index contributed by atoms with van der Waals surface area (Å²) in [4.78, 5) is 0. The van der Waals surface area contributed by atoms with Gasteiger partial charge >= 0.3 is 0 Å². The number of benzene rings is 1. The summed E-state index contributed by atoms with van der Waals surface area (Å²) in [5, 5.41) is 3.65. The minimum absolute atomic E-state index is 0.683. The molecule has 2 heteroatoms. The minimum Gasteiger partial charge on any atom is -0.382 e. The molecule has 0 saturated heterocycles. The molecule has 0 amide bonds. The Kier molecular flexibility index (Phi) is 3.82. The van der Waals surface area contributed by atoms with Gasteiger partial charge in [0.1, 0.15) is 0 Å². The molecule has 1 aromatic carbocycles. The van der Waals surface area contributed by atoms with Gasteiger partial charge in [0.2, 0.25) is 0 Å². The van der Waals surface area contributed by atoms with Crippen molar-refractivity contribution >= 4 is 21.6 Å². The molecule has 1 N–H and O–H groups in total. The molecule has 1 aliphatic carbocycles. The van der Waals surface area contributed by atoms with E-state index in [0.717, 1.165) is 11.8 Å². The fourth-order valence-electron chi connectivity index (χ4n) is 2.59. The molecular formula is C15H22BrN. The molecule has 1 nitrogen and oxygen atoms in total. The summed E-state index contributed by atoms with van der Waals surface area (Å²) >= 11 is 3.61. The summed E-state index contributed by atoms with van der Waals surface area (Å²) in [5.41, 5.74) is 3.90. The van der Waals surface area contributed by atoms with E-state index in [2.05, 4.69) is 61.1 Å². The van der Waals surface area contributed by atoms with E-state index in [1.165, 1.54) is 34.1 Å². The predicted octanol–water partition coefficient (Wildman–Crippen LogP) is 4.91. The smallest absolute Gasteiger partial charge is 0.0348 e. The number of halogens is 1. The van der Waals surface area contributed by atoms with Crippen LogP contribution in [0.4, 0.5) is 5.69 Å². The van der Waals surface area contributed by atoms with Crippen LogP contribution in [0.2, 0.25) is 0 Å². The van der Waals surface area contributed by atoms with E-state index in [9.17, 15) is 0 Å². The number of anilines is 1. The van der Waals surface area contributed by atoms with Crippen molar-refractivity contribution in [3.05, 3.63) is 27.7 Å². The van der Waals surface area contributed by atoms with Gasteiger partial charge in [-0.05, 0) is 61.8 Å². The van der Waals surface area contributed by atoms with Gasteiger partial charge in [-0.15, -0.1) is 0 Å². The Hall–Kier alpha value is -0.500. The first kappa shape index (κ1) is 12.9. The van der Waals surface area contributed by atoms with Crippen molar-refractivity contribution in [2.45, 2.75) is 46.6 Å². The first-order valence-corrected chi connectivity index (χ1v) is 7.30. The maximum absolute atomic E-state index is 3.65. The third-order valence-corrected chi connectivity index (χ3v) is 5.18. The van der Waals surface area contributed by atoms with Gasteiger partial charge in [0.05, 0.1) is 0 Å². The standard InChI is InChI=1S/C15H22BrN/c1-9(2)12-7-14(8-12)17-13-5-10(3)15(16)11(4)6-13/h5-6,9,12,14,17H,7-8H2,1-4H3. The van der Waals surface area contributed by atoms with E-state index >= 15 is 0 Å². The molecule has 1 fully saturated rings. The van der Waals surface area contributed by atoms with Crippen molar-refractivity contribution < 1.29 is 0 Å². The molecule has 1 aromatic rings. The maximum Gasteiger partial charge on any atom is 0.0348 e. The molecule has 0 heterocycles. The summed E-state index contributed by atoms with van der Waals surface area (Å²) in [6.45, 7) is 8.96. The van der Waals surface area contributed by atoms with E-state index < -0.39 is 0 Å². The highest BCUT2D eigenvalue weighted by molar-refractivity contribution is 9.10. The van der Waals surface area contributed by atoms with Gasteiger partial charge in [-0.1, -0.05) is 29.8 Å². The third kappa shape index (κ3) is 2.85. The molecular weight excluding hydrogens is 274 g/mol. The Balaban J connectivity index is 1.97. The zero-order valence-corrected chi connectivity index (χ0v) is 12.8. The highest BCUT2D eigenvalue weighted by Crippen LogP contribution is 2.36. The number of hydrogen-bond donors (Lipinski definition) is 1. The van der Waals surface area contributed by atoms with Crippen molar-refractivity contribution in [3.8, 4) is 0 Å².